The number of amides is 1. The maximum Gasteiger partial charge on any atom is 0.294 e. The average Bonchev–Trinajstić information content (AvgIpc) is 2.87. The van der Waals surface area contributed by atoms with Crippen LogP contribution in [0.5, 0.6) is 0 Å². The molecule has 0 bridgehead atoms. The van der Waals surface area contributed by atoms with Gasteiger partial charge in [0.05, 0.1) is 11.3 Å². The minimum Gasteiger partial charge on any atom is -0.503 e. The van der Waals surface area contributed by atoms with Gasteiger partial charge in [0.15, 0.2) is 11.5 Å². The highest BCUT2D eigenvalue weighted by molar-refractivity contribution is 6.16. The SMILES string of the molecule is CC(C)CC(=O)C1=C(O)C(=O)N(c2ccccc2)C1c1ccccn1. The first-order chi connectivity index (χ1) is 12.0. The summed E-state index contributed by atoms with van der Waals surface area (Å²) < 4.78 is 0. The molecule has 0 fully saturated rings. The summed E-state index contributed by atoms with van der Waals surface area (Å²) in [4.78, 5) is 31.2. The Bertz CT molecular complexity index is 813. The molecule has 1 unspecified atom stereocenters. The van der Waals surface area contributed by atoms with E-state index < -0.39 is 17.7 Å². The van der Waals surface area contributed by atoms with Gasteiger partial charge in [-0.05, 0) is 30.2 Å². The van der Waals surface area contributed by atoms with Crippen LogP contribution >= 0.6 is 0 Å². The number of aromatic nitrogens is 1. The summed E-state index contributed by atoms with van der Waals surface area (Å²) in [6.07, 6.45) is 1.88. The Morgan fingerprint density at radius 3 is 2.44 bits per heavy atom. The lowest BCUT2D eigenvalue weighted by Crippen LogP contribution is -2.31. The van der Waals surface area contributed by atoms with Gasteiger partial charge in [-0.3, -0.25) is 19.5 Å². The largest absolute Gasteiger partial charge is 0.503 e. The summed E-state index contributed by atoms with van der Waals surface area (Å²) in [6.45, 7) is 3.86. The summed E-state index contributed by atoms with van der Waals surface area (Å²) in [6, 6.07) is 13.6. The minimum atomic E-state index is -0.720. The Morgan fingerprint density at radius 1 is 1.16 bits per heavy atom. The summed E-state index contributed by atoms with van der Waals surface area (Å²) in [5, 5.41) is 10.4. The van der Waals surface area contributed by atoms with Crippen molar-refractivity contribution in [3.8, 4) is 0 Å². The van der Waals surface area contributed by atoms with E-state index >= 15 is 0 Å². The first-order valence-electron chi connectivity index (χ1n) is 8.26. The molecule has 1 N–H and O–H groups in total. The van der Waals surface area contributed by atoms with Crippen molar-refractivity contribution >= 4 is 17.4 Å². The monoisotopic (exact) mass is 336 g/mol. The molecule has 5 heteroatoms. The van der Waals surface area contributed by atoms with Crippen molar-refractivity contribution in [3.05, 3.63) is 71.8 Å². The number of aliphatic hydroxyl groups excluding tert-OH is 1. The number of carbonyl (C=O) groups excluding carboxylic acids is 2. The predicted molar refractivity (Wildman–Crippen MR) is 95.0 cm³/mol. The number of anilines is 1. The fraction of sp³-hybridized carbons (Fsp3) is 0.250. The third-order valence-electron chi connectivity index (χ3n) is 4.10. The van der Waals surface area contributed by atoms with Crippen LogP contribution in [0, 0.1) is 5.92 Å². The Balaban J connectivity index is 2.12. The molecule has 0 saturated heterocycles. The molecular formula is C20H20N2O3. The van der Waals surface area contributed by atoms with Gasteiger partial charge in [-0.2, -0.15) is 0 Å². The molecule has 25 heavy (non-hydrogen) atoms. The summed E-state index contributed by atoms with van der Waals surface area (Å²) in [5.41, 5.74) is 1.29. The molecular weight excluding hydrogens is 316 g/mol. The topological polar surface area (TPSA) is 70.5 Å². The zero-order valence-electron chi connectivity index (χ0n) is 14.2. The molecule has 1 aromatic carbocycles. The fourth-order valence-corrected chi connectivity index (χ4v) is 3.04. The van der Waals surface area contributed by atoms with E-state index in [1.807, 2.05) is 32.0 Å². The molecule has 1 atom stereocenters. The van der Waals surface area contributed by atoms with Gasteiger partial charge in [-0.15, -0.1) is 0 Å². The highest BCUT2D eigenvalue weighted by Gasteiger charge is 2.44. The number of Topliss-reactive ketones (excluding diaryl/α,β-unsaturated/α-hetero) is 1. The molecule has 0 spiro atoms. The Kier molecular flexibility index (Phi) is 4.65. The standard InChI is InChI=1S/C20H20N2O3/c1-13(2)12-16(23)17-18(15-10-6-7-11-21-15)22(20(25)19(17)24)14-8-4-3-5-9-14/h3-11,13,18,24H,12H2,1-2H3. The van der Waals surface area contributed by atoms with Crippen LogP contribution < -0.4 is 4.90 Å². The van der Waals surface area contributed by atoms with Gasteiger partial charge in [0, 0.05) is 18.3 Å². The van der Waals surface area contributed by atoms with Crippen LogP contribution in [-0.2, 0) is 9.59 Å². The van der Waals surface area contributed by atoms with Crippen molar-refractivity contribution in [2.75, 3.05) is 4.90 Å². The number of hydrogen-bond donors (Lipinski definition) is 1. The smallest absolute Gasteiger partial charge is 0.294 e. The van der Waals surface area contributed by atoms with E-state index in [1.54, 1.807) is 36.5 Å². The van der Waals surface area contributed by atoms with E-state index in [0.717, 1.165) is 0 Å². The number of pyridine rings is 1. The summed E-state index contributed by atoms with van der Waals surface area (Å²) in [7, 11) is 0. The lowest BCUT2D eigenvalue weighted by Gasteiger charge is -2.26. The first-order valence-corrected chi connectivity index (χ1v) is 8.26. The van der Waals surface area contributed by atoms with Crippen LogP contribution in [0.2, 0.25) is 0 Å². The minimum absolute atomic E-state index is 0.123. The van der Waals surface area contributed by atoms with Gasteiger partial charge >= 0.3 is 0 Å². The van der Waals surface area contributed by atoms with Gasteiger partial charge in [0.25, 0.3) is 5.91 Å². The molecule has 1 amide bonds. The zero-order chi connectivity index (χ0) is 18.0. The lowest BCUT2D eigenvalue weighted by atomic mass is 9.94. The van der Waals surface area contributed by atoms with Crippen molar-refractivity contribution in [1.82, 2.24) is 4.98 Å². The number of ketones is 1. The average molecular weight is 336 g/mol. The molecule has 1 aliphatic heterocycles. The van der Waals surface area contributed by atoms with Gasteiger partial charge in [-0.25, -0.2) is 0 Å². The molecule has 2 aromatic rings. The number of nitrogens with zero attached hydrogens (tertiary/aromatic N) is 2. The van der Waals surface area contributed by atoms with Crippen LogP contribution in [0.4, 0.5) is 5.69 Å². The van der Waals surface area contributed by atoms with Gasteiger partial charge < -0.3 is 5.11 Å². The third kappa shape index (κ3) is 3.18. The van der Waals surface area contributed by atoms with E-state index in [2.05, 4.69) is 4.98 Å². The highest BCUT2D eigenvalue weighted by Crippen LogP contribution is 2.40. The van der Waals surface area contributed by atoms with Crippen molar-refractivity contribution in [3.63, 3.8) is 0 Å². The van der Waals surface area contributed by atoms with E-state index in [1.165, 1.54) is 4.90 Å². The summed E-state index contributed by atoms with van der Waals surface area (Å²) >= 11 is 0. The second-order valence-electron chi connectivity index (χ2n) is 6.45. The van der Waals surface area contributed by atoms with E-state index in [0.29, 0.717) is 11.4 Å². The normalized spacial score (nSPS) is 17.5. The molecule has 5 nitrogen and oxygen atoms in total. The van der Waals surface area contributed by atoms with Crippen molar-refractivity contribution in [2.45, 2.75) is 26.3 Å². The number of benzene rings is 1. The highest BCUT2D eigenvalue weighted by atomic mass is 16.3. The van der Waals surface area contributed by atoms with Crippen molar-refractivity contribution in [2.24, 2.45) is 5.92 Å². The molecule has 0 saturated carbocycles. The van der Waals surface area contributed by atoms with Crippen molar-refractivity contribution in [1.29, 1.82) is 0 Å². The second-order valence-corrected chi connectivity index (χ2v) is 6.45. The van der Waals surface area contributed by atoms with E-state index in [-0.39, 0.29) is 23.7 Å². The Labute approximate surface area is 146 Å². The number of hydrogen-bond acceptors (Lipinski definition) is 4. The number of para-hydroxylation sites is 1. The molecule has 0 aliphatic carbocycles. The Hall–Kier alpha value is -2.95. The third-order valence-corrected chi connectivity index (χ3v) is 4.10. The van der Waals surface area contributed by atoms with Gasteiger partial charge in [0.2, 0.25) is 0 Å². The van der Waals surface area contributed by atoms with Gasteiger partial charge in [0.1, 0.15) is 6.04 Å². The molecule has 1 aromatic heterocycles. The van der Waals surface area contributed by atoms with Crippen LogP contribution in [0.1, 0.15) is 32.0 Å². The van der Waals surface area contributed by atoms with Crippen molar-refractivity contribution < 1.29 is 14.7 Å². The maximum atomic E-state index is 12.7. The zero-order valence-corrected chi connectivity index (χ0v) is 14.2. The second kappa shape index (κ2) is 6.89. The Morgan fingerprint density at radius 2 is 1.84 bits per heavy atom. The molecule has 2 heterocycles. The fourth-order valence-electron chi connectivity index (χ4n) is 3.04. The van der Waals surface area contributed by atoms with Gasteiger partial charge in [-0.1, -0.05) is 38.1 Å². The molecule has 128 valence electrons. The number of aliphatic hydroxyl groups is 1. The van der Waals surface area contributed by atoms with Crippen LogP contribution in [0.15, 0.2) is 66.1 Å². The first kappa shape index (κ1) is 16.9. The molecule has 0 radical (unpaired) electrons. The van der Waals surface area contributed by atoms with Crippen LogP contribution in [0.3, 0.4) is 0 Å². The van der Waals surface area contributed by atoms with Crippen LogP contribution in [-0.4, -0.2) is 21.8 Å². The number of rotatable bonds is 5. The summed E-state index contributed by atoms with van der Waals surface area (Å²) in [5.74, 6) is -1.16. The molecule has 3 rings (SSSR count). The van der Waals surface area contributed by atoms with E-state index in [9.17, 15) is 14.7 Å². The predicted octanol–water partition coefficient (Wildman–Crippen LogP) is 3.60. The quantitative estimate of drug-likeness (QED) is 0.906. The lowest BCUT2D eigenvalue weighted by molar-refractivity contribution is -0.118. The van der Waals surface area contributed by atoms with Crippen LogP contribution in [0.25, 0.3) is 0 Å². The molecule has 1 aliphatic rings. The number of carbonyl (C=O) groups is 2. The van der Waals surface area contributed by atoms with E-state index in [4.69, 9.17) is 0 Å². The maximum absolute atomic E-state index is 12.7.